The molecule has 0 atom stereocenters. The summed E-state index contributed by atoms with van der Waals surface area (Å²) in [7, 11) is 0. The van der Waals surface area contributed by atoms with Gasteiger partial charge < -0.3 is 0 Å². The van der Waals surface area contributed by atoms with Gasteiger partial charge in [-0.1, -0.05) is 26.0 Å². The Morgan fingerprint density at radius 3 is 2.17 bits per heavy atom. The number of allylic oxidation sites excluding steroid dienone is 4. The third-order valence-electron chi connectivity index (χ3n) is 1.48. The Morgan fingerprint density at radius 1 is 1.25 bits per heavy atom. The average molecular weight is 160 g/mol. The van der Waals surface area contributed by atoms with Gasteiger partial charge in [0, 0.05) is 0 Å². The molecule has 12 heavy (non-hydrogen) atoms. The van der Waals surface area contributed by atoms with Gasteiger partial charge in [-0.2, -0.15) is 10.5 Å². The van der Waals surface area contributed by atoms with Gasteiger partial charge in [0.05, 0.1) is 0 Å². The highest BCUT2D eigenvalue weighted by Gasteiger charge is 1.98. The Balaban J connectivity index is 4.77. The van der Waals surface area contributed by atoms with Gasteiger partial charge in [-0.3, -0.25) is 0 Å². The molecular weight excluding hydrogens is 148 g/mol. The first kappa shape index (κ1) is 10.5. The molecule has 0 saturated carbocycles. The monoisotopic (exact) mass is 160 g/mol. The van der Waals surface area contributed by atoms with E-state index in [9.17, 15) is 0 Å². The second-order valence-corrected chi connectivity index (χ2v) is 2.29. The molecule has 62 valence electrons. The topological polar surface area (TPSA) is 47.6 Å². The van der Waals surface area contributed by atoms with Crippen molar-refractivity contribution in [3.63, 3.8) is 0 Å². The van der Waals surface area contributed by atoms with Crippen molar-refractivity contribution >= 4 is 0 Å². The number of hydrogen-bond acceptors (Lipinski definition) is 2. The highest BCUT2D eigenvalue weighted by Crippen LogP contribution is 2.09. The van der Waals surface area contributed by atoms with Crippen molar-refractivity contribution in [2.45, 2.75) is 26.7 Å². The second-order valence-electron chi connectivity index (χ2n) is 2.29. The van der Waals surface area contributed by atoms with Gasteiger partial charge in [0.2, 0.25) is 0 Å². The highest BCUT2D eigenvalue weighted by molar-refractivity contribution is 5.44. The minimum Gasteiger partial charge on any atom is -0.192 e. The van der Waals surface area contributed by atoms with Crippen molar-refractivity contribution in [1.29, 1.82) is 10.5 Å². The van der Waals surface area contributed by atoms with Crippen LogP contribution in [0.25, 0.3) is 0 Å². The molecule has 0 N–H and O–H groups in total. The number of hydrogen-bond donors (Lipinski definition) is 0. The zero-order chi connectivity index (χ0) is 9.40. The molecule has 0 fully saturated rings. The van der Waals surface area contributed by atoms with Gasteiger partial charge in [0.25, 0.3) is 0 Å². The van der Waals surface area contributed by atoms with Crippen LogP contribution < -0.4 is 0 Å². The summed E-state index contributed by atoms with van der Waals surface area (Å²) in [6.07, 6.45) is 5.45. The number of nitriles is 2. The van der Waals surface area contributed by atoms with Gasteiger partial charge in [0.15, 0.2) is 0 Å². The van der Waals surface area contributed by atoms with Crippen LogP contribution in [0.15, 0.2) is 23.3 Å². The fraction of sp³-hybridized carbons (Fsp3) is 0.400. The molecule has 0 amide bonds. The molecule has 2 nitrogen and oxygen atoms in total. The molecule has 0 rings (SSSR count). The highest BCUT2D eigenvalue weighted by atomic mass is 14.3. The number of rotatable bonds is 3. The summed E-state index contributed by atoms with van der Waals surface area (Å²) >= 11 is 0. The summed E-state index contributed by atoms with van der Waals surface area (Å²) < 4.78 is 0. The second kappa shape index (κ2) is 6.19. The maximum atomic E-state index is 8.56. The van der Waals surface area contributed by atoms with Crippen LogP contribution in [0.5, 0.6) is 0 Å². The van der Waals surface area contributed by atoms with E-state index < -0.39 is 0 Å². The molecule has 0 aliphatic rings. The van der Waals surface area contributed by atoms with Crippen molar-refractivity contribution < 1.29 is 0 Å². The minimum atomic E-state index is 0.224. The third-order valence-corrected chi connectivity index (χ3v) is 1.48. The molecular formula is C10H12N2. The molecule has 0 aromatic heterocycles. The Hall–Kier alpha value is -1.54. The van der Waals surface area contributed by atoms with Crippen molar-refractivity contribution in [1.82, 2.24) is 0 Å². The predicted octanol–water partition coefficient (Wildman–Crippen LogP) is 2.71. The molecule has 0 aliphatic heterocycles. The molecule has 0 heterocycles. The summed E-state index contributed by atoms with van der Waals surface area (Å²) in [5, 5.41) is 17.1. The lowest BCUT2D eigenvalue weighted by Crippen LogP contribution is -1.82. The fourth-order valence-corrected chi connectivity index (χ4v) is 0.807. The smallest absolute Gasteiger partial charge is 0.132 e. The van der Waals surface area contributed by atoms with Crippen LogP contribution in [-0.2, 0) is 0 Å². The molecule has 0 unspecified atom stereocenters. The van der Waals surface area contributed by atoms with Gasteiger partial charge in [-0.05, 0) is 18.4 Å². The first-order valence-corrected chi connectivity index (χ1v) is 4.00. The van der Waals surface area contributed by atoms with E-state index >= 15 is 0 Å². The van der Waals surface area contributed by atoms with Crippen molar-refractivity contribution in [3.05, 3.63) is 23.3 Å². The lowest BCUT2D eigenvalue weighted by molar-refractivity contribution is 1.12. The Kier molecular flexibility index (Phi) is 5.39. The van der Waals surface area contributed by atoms with E-state index in [0.717, 1.165) is 18.4 Å². The SMILES string of the molecule is CC/C=C\C(CC)=C(C#N)C#N. The van der Waals surface area contributed by atoms with Gasteiger partial charge in [-0.25, -0.2) is 0 Å². The van der Waals surface area contributed by atoms with Gasteiger partial charge in [-0.15, -0.1) is 0 Å². The van der Waals surface area contributed by atoms with Crippen LogP contribution in [0.3, 0.4) is 0 Å². The molecule has 0 saturated heterocycles. The van der Waals surface area contributed by atoms with Crippen LogP contribution >= 0.6 is 0 Å². The lowest BCUT2D eigenvalue weighted by Gasteiger charge is -1.94. The lowest BCUT2D eigenvalue weighted by atomic mass is 10.1. The molecule has 0 spiro atoms. The third kappa shape index (κ3) is 3.03. The van der Waals surface area contributed by atoms with Crippen LogP contribution in [0.2, 0.25) is 0 Å². The van der Waals surface area contributed by atoms with E-state index in [1.165, 1.54) is 0 Å². The van der Waals surface area contributed by atoms with E-state index in [0.29, 0.717) is 0 Å². The fourth-order valence-electron chi connectivity index (χ4n) is 0.807. The first-order chi connectivity index (χ1) is 5.79. The van der Waals surface area contributed by atoms with E-state index in [-0.39, 0.29) is 5.57 Å². The van der Waals surface area contributed by atoms with Crippen molar-refractivity contribution in [3.8, 4) is 12.1 Å². The normalized spacial score (nSPS) is 9.00. The van der Waals surface area contributed by atoms with E-state index in [4.69, 9.17) is 10.5 Å². The zero-order valence-electron chi connectivity index (χ0n) is 7.46. The maximum Gasteiger partial charge on any atom is 0.132 e. The molecule has 0 aliphatic carbocycles. The van der Waals surface area contributed by atoms with Crippen LogP contribution in [-0.4, -0.2) is 0 Å². The largest absolute Gasteiger partial charge is 0.192 e. The van der Waals surface area contributed by atoms with Crippen LogP contribution in [0.1, 0.15) is 26.7 Å². The summed E-state index contributed by atoms with van der Waals surface area (Å²) in [6, 6.07) is 3.76. The average Bonchev–Trinajstić information content (AvgIpc) is 2.12. The molecule has 0 aromatic carbocycles. The maximum absolute atomic E-state index is 8.56. The summed E-state index contributed by atoms with van der Waals surface area (Å²) in [5.41, 5.74) is 1.05. The standard InChI is InChI=1S/C10H12N2/c1-3-5-6-9(4-2)10(7-11)8-12/h5-6H,3-4H2,1-2H3/b6-5-. The minimum absolute atomic E-state index is 0.224. The quantitative estimate of drug-likeness (QED) is 0.470. The summed E-state index contributed by atoms with van der Waals surface area (Å²) in [6.45, 7) is 3.95. The molecule has 0 radical (unpaired) electrons. The first-order valence-electron chi connectivity index (χ1n) is 4.00. The van der Waals surface area contributed by atoms with Crippen molar-refractivity contribution in [2.75, 3.05) is 0 Å². The Bertz CT molecular complexity index is 255. The Morgan fingerprint density at radius 2 is 1.83 bits per heavy atom. The van der Waals surface area contributed by atoms with E-state index in [1.54, 1.807) is 0 Å². The summed E-state index contributed by atoms with van der Waals surface area (Å²) in [5.74, 6) is 0. The van der Waals surface area contributed by atoms with E-state index in [2.05, 4.69) is 0 Å². The summed E-state index contributed by atoms with van der Waals surface area (Å²) in [4.78, 5) is 0. The van der Waals surface area contributed by atoms with Crippen molar-refractivity contribution in [2.24, 2.45) is 0 Å². The Labute approximate surface area is 73.4 Å². The molecule has 0 bridgehead atoms. The van der Waals surface area contributed by atoms with Gasteiger partial charge >= 0.3 is 0 Å². The van der Waals surface area contributed by atoms with E-state index in [1.807, 2.05) is 38.1 Å². The zero-order valence-corrected chi connectivity index (χ0v) is 7.46. The molecule has 0 aromatic rings. The van der Waals surface area contributed by atoms with Crippen LogP contribution in [0, 0.1) is 22.7 Å². The number of nitrogens with zero attached hydrogens (tertiary/aromatic N) is 2. The van der Waals surface area contributed by atoms with Crippen LogP contribution in [0.4, 0.5) is 0 Å². The predicted molar refractivity (Wildman–Crippen MR) is 48.0 cm³/mol. The van der Waals surface area contributed by atoms with Gasteiger partial charge in [0.1, 0.15) is 17.7 Å². The molecule has 2 heteroatoms.